The van der Waals surface area contributed by atoms with Crippen molar-refractivity contribution >= 4 is 12.0 Å². The Labute approximate surface area is 83.1 Å². The molecule has 0 aromatic heterocycles. The van der Waals surface area contributed by atoms with Crippen LogP contribution in [-0.4, -0.2) is 41.1 Å². The zero-order valence-electron chi connectivity index (χ0n) is 8.32. The molecule has 0 aromatic carbocycles. The van der Waals surface area contributed by atoms with Crippen LogP contribution in [0.5, 0.6) is 0 Å². The first-order valence-electron chi connectivity index (χ1n) is 4.94. The third-order valence-corrected chi connectivity index (χ3v) is 2.32. The van der Waals surface area contributed by atoms with Gasteiger partial charge in [0.15, 0.2) is 0 Å². The van der Waals surface area contributed by atoms with Gasteiger partial charge in [-0.1, -0.05) is 6.92 Å². The lowest BCUT2D eigenvalue weighted by Crippen LogP contribution is -2.46. The number of amides is 2. The zero-order chi connectivity index (χ0) is 10.6. The lowest BCUT2D eigenvalue weighted by molar-refractivity contribution is -0.141. The monoisotopic (exact) mass is 200 g/mol. The second-order valence-corrected chi connectivity index (χ2v) is 3.42. The minimum Gasteiger partial charge on any atom is -0.480 e. The molecule has 80 valence electrons. The number of hydrogen-bond acceptors (Lipinski definition) is 2. The van der Waals surface area contributed by atoms with E-state index in [1.165, 1.54) is 4.90 Å². The lowest BCUT2D eigenvalue weighted by Gasteiger charge is -2.21. The molecule has 0 radical (unpaired) electrons. The minimum absolute atomic E-state index is 0.253. The van der Waals surface area contributed by atoms with Crippen LogP contribution in [0.1, 0.15) is 26.2 Å². The van der Waals surface area contributed by atoms with Crippen molar-refractivity contribution in [1.29, 1.82) is 0 Å². The van der Waals surface area contributed by atoms with Crippen molar-refractivity contribution in [3.05, 3.63) is 0 Å². The molecule has 5 nitrogen and oxygen atoms in total. The fourth-order valence-corrected chi connectivity index (χ4v) is 1.60. The number of carboxylic acids is 1. The van der Waals surface area contributed by atoms with E-state index >= 15 is 0 Å². The molecule has 1 heterocycles. The van der Waals surface area contributed by atoms with Crippen molar-refractivity contribution in [1.82, 2.24) is 10.2 Å². The number of carboxylic acid groups (broad SMARTS) is 1. The zero-order valence-corrected chi connectivity index (χ0v) is 8.32. The van der Waals surface area contributed by atoms with Crippen LogP contribution in [0.2, 0.25) is 0 Å². The van der Waals surface area contributed by atoms with Crippen molar-refractivity contribution in [3.8, 4) is 0 Å². The second kappa shape index (κ2) is 4.83. The van der Waals surface area contributed by atoms with E-state index < -0.39 is 12.0 Å². The van der Waals surface area contributed by atoms with Gasteiger partial charge in [-0.25, -0.2) is 9.59 Å². The number of rotatable bonds is 3. The van der Waals surface area contributed by atoms with Crippen molar-refractivity contribution in [2.75, 3.05) is 13.1 Å². The van der Waals surface area contributed by atoms with Crippen LogP contribution in [-0.2, 0) is 4.79 Å². The molecule has 1 fully saturated rings. The molecule has 0 unspecified atom stereocenters. The summed E-state index contributed by atoms with van der Waals surface area (Å²) in [7, 11) is 0. The standard InChI is InChI=1S/C9H16N2O3/c1-2-5-10-9(14)11-6-3-4-7(11)8(12)13/h7H,2-6H2,1H3,(H,10,14)(H,12,13)/t7-/m1/s1. The molecule has 14 heavy (non-hydrogen) atoms. The van der Waals surface area contributed by atoms with E-state index in [4.69, 9.17) is 5.11 Å². The summed E-state index contributed by atoms with van der Waals surface area (Å²) in [6, 6.07) is -0.886. The third kappa shape index (κ3) is 2.37. The van der Waals surface area contributed by atoms with Crippen LogP contribution in [0.3, 0.4) is 0 Å². The summed E-state index contributed by atoms with van der Waals surface area (Å²) < 4.78 is 0. The van der Waals surface area contributed by atoms with Crippen LogP contribution in [0, 0.1) is 0 Å². The lowest BCUT2D eigenvalue weighted by atomic mass is 10.2. The van der Waals surface area contributed by atoms with Gasteiger partial charge in [0, 0.05) is 13.1 Å². The number of nitrogens with zero attached hydrogens (tertiary/aromatic N) is 1. The Bertz CT molecular complexity index is 230. The molecule has 5 heteroatoms. The van der Waals surface area contributed by atoms with Crippen molar-refractivity contribution in [2.24, 2.45) is 0 Å². The maximum atomic E-state index is 11.5. The Morgan fingerprint density at radius 3 is 2.86 bits per heavy atom. The number of hydrogen-bond donors (Lipinski definition) is 2. The Morgan fingerprint density at radius 1 is 1.57 bits per heavy atom. The molecular formula is C9H16N2O3. The van der Waals surface area contributed by atoms with Gasteiger partial charge in [-0.15, -0.1) is 0 Å². The predicted molar refractivity (Wildman–Crippen MR) is 51.1 cm³/mol. The first kappa shape index (κ1) is 10.8. The second-order valence-electron chi connectivity index (χ2n) is 3.42. The number of aliphatic carboxylic acids is 1. The van der Waals surface area contributed by atoms with Crippen LogP contribution in [0.25, 0.3) is 0 Å². The largest absolute Gasteiger partial charge is 0.480 e. The highest BCUT2D eigenvalue weighted by atomic mass is 16.4. The Balaban J connectivity index is 2.49. The van der Waals surface area contributed by atoms with E-state index in [-0.39, 0.29) is 6.03 Å². The van der Waals surface area contributed by atoms with Gasteiger partial charge in [0.2, 0.25) is 0 Å². The van der Waals surface area contributed by atoms with Gasteiger partial charge in [-0.05, 0) is 19.3 Å². The summed E-state index contributed by atoms with van der Waals surface area (Å²) in [4.78, 5) is 23.6. The number of nitrogens with one attached hydrogen (secondary N) is 1. The summed E-state index contributed by atoms with van der Waals surface area (Å²) in [5, 5.41) is 11.5. The number of urea groups is 1. The van der Waals surface area contributed by atoms with Crippen molar-refractivity contribution in [2.45, 2.75) is 32.2 Å². The summed E-state index contributed by atoms with van der Waals surface area (Å²) >= 11 is 0. The molecule has 0 bridgehead atoms. The fraction of sp³-hybridized carbons (Fsp3) is 0.778. The van der Waals surface area contributed by atoms with Crippen molar-refractivity contribution in [3.63, 3.8) is 0 Å². The van der Waals surface area contributed by atoms with Gasteiger partial charge < -0.3 is 15.3 Å². The molecule has 1 aliphatic heterocycles. The van der Waals surface area contributed by atoms with Gasteiger partial charge in [-0.2, -0.15) is 0 Å². The average molecular weight is 200 g/mol. The molecule has 2 amide bonds. The molecule has 0 aromatic rings. The minimum atomic E-state index is -0.908. The van der Waals surface area contributed by atoms with E-state index in [1.54, 1.807) is 0 Å². The molecule has 0 spiro atoms. The first-order chi connectivity index (χ1) is 6.66. The third-order valence-electron chi connectivity index (χ3n) is 2.32. The molecule has 1 rings (SSSR count). The molecule has 2 N–H and O–H groups in total. The van der Waals surface area contributed by atoms with E-state index in [0.29, 0.717) is 19.5 Å². The maximum Gasteiger partial charge on any atom is 0.326 e. The molecule has 1 aliphatic rings. The molecular weight excluding hydrogens is 184 g/mol. The maximum absolute atomic E-state index is 11.5. The SMILES string of the molecule is CCCNC(=O)N1CCC[C@@H]1C(=O)O. The number of carbonyl (C=O) groups is 2. The highest BCUT2D eigenvalue weighted by Gasteiger charge is 2.33. The van der Waals surface area contributed by atoms with Crippen LogP contribution >= 0.6 is 0 Å². The van der Waals surface area contributed by atoms with Crippen molar-refractivity contribution < 1.29 is 14.7 Å². The quantitative estimate of drug-likeness (QED) is 0.703. The highest BCUT2D eigenvalue weighted by molar-refractivity contribution is 5.83. The van der Waals surface area contributed by atoms with E-state index in [2.05, 4.69) is 5.32 Å². The summed E-state index contributed by atoms with van der Waals surface area (Å²) in [5.74, 6) is -0.908. The fourth-order valence-electron chi connectivity index (χ4n) is 1.60. The normalized spacial score (nSPS) is 20.9. The number of carbonyl (C=O) groups excluding carboxylic acids is 1. The predicted octanol–water partition coefficient (Wildman–Crippen LogP) is 0.655. The van der Waals surface area contributed by atoms with E-state index in [0.717, 1.165) is 12.8 Å². The van der Waals surface area contributed by atoms with Gasteiger partial charge >= 0.3 is 12.0 Å². The Hall–Kier alpha value is -1.26. The highest BCUT2D eigenvalue weighted by Crippen LogP contribution is 2.16. The smallest absolute Gasteiger partial charge is 0.326 e. The molecule has 1 atom stereocenters. The number of likely N-dealkylation sites (tertiary alicyclic amines) is 1. The van der Waals surface area contributed by atoms with Crippen LogP contribution in [0.4, 0.5) is 4.79 Å². The molecule has 0 aliphatic carbocycles. The van der Waals surface area contributed by atoms with E-state index in [9.17, 15) is 9.59 Å². The van der Waals surface area contributed by atoms with Gasteiger partial charge in [0.25, 0.3) is 0 Å². The average Bonchev–Trinajstić information content (AvgIpc) is 2.62. The summed E-state index contributed by atoms with van der Waals surface area (Å²) in [6.45, 7) is 3.10. The van der Waals surface area contributed by atoms with Gasteiger partial charge in [0.1, 0.15) is 6.04 Å². The van der Waals surface area contributed by atoms with Gasteiger partial charge in [0.05, 0.1) is 0 Å². The van der Waals surface area contributed by atoms with Crippen LogP contribution < -0.4 is 5.32 Å². The molecule has 1 saturated heterocycles. The first-order valence-corrected chi connectivity index (χ1v) is 4.94. The molecule has 0 saturated carbocycles. The Morgan fingerprint density at radius 2 is 2.29 bits per heavy atom. The van der Waals surface area contributed by atoms with Gasteiger partial charge in [-0.3, -0.25) is 0 Å². The van der Waals surface area contributed by atoms with Crippen LogP contribution in [0.15, 0.2) is 0 Å². The summed E-state index contributed by atoms with van der Waals surface area (Å²) in [6.07, 6.45) is 2.20. The van der Waals surface area contributed by atoms with E-state index in [1.807, 2.05) is 6.92 Å². The summed E-state index contributed by atoms with van der Waals surface area (Å²) in [5.41, 5.74) is 0. The Kier molecular flexibility index (Phi) is 3.73. The topological polar surface area (TPSA) is 69.6 Å².